The van der Waals surface area contributed by atoms with Crippen molar-refractivity contribution in [2.24, 2.45) is 0 Å². The fourth-order valence-corrected chi connectivity index (χ4v) is 4.99. The number of esters is 1. The Morgan fingerprint density at radius 3 is 2.53 bits per heavy atom. The molecule has 0 radical (unpaired) electrons. The lowest BCUT2D eigenvalue weighted by atomic mass is 9.90. The summed E-state index contributed by atoms with van der Waals surface area (Å²) in [5, 5.41) is 6.75. The number of rotatable bonds is 6. The second-order valence-corrected chi connectivity index (χ2v) is 8.52. The van der Waals surface area contributed by atoms with E-state index in [1.807, 2.05) is 11.8 Å². The van der Waals surface area contributed by atoms with E-state index in [1.165, 1.54) is 11.1 Å². The molecular formula is C23H36Cl2N4O3. The molecule has 2 aliphatic heterocycles. The number of anilines is 1. The minimum atomic E-state index is -0.193. The number of fused-ring (bicyclic) bond motifs is 1. The second kappa shape index (κ2) is 12.6. The Labute approximate surface area is 203 Å². The van der Waals surface area contributed by atoms with Crippen molar-refractivity contribution in [3.63, 3.8) is 0 Å². The van der Waals surface area contributed by atoms with Crippen molar-refractivity contribution in [2.45, 2.75) is 57.5 Å². The van der Waals surface area contributed by atoms with Crippen molar-refractivity contribution < 1.29 is 14.3 Å². The maximum absolute atomic E-state index is 13.2. The topological polar surface area (TPSA) is 73.9 Å². The first kappa shape index (κ1) is 26.7. The third-order valence-corrected chi connectivity index (χ3v) is 6.66. The minimum absolute atomic E-state index is 0. The van der Waals surface area contributed by atoms with Crippen LogP contribution in [-0.2, 0) is 22.4 Å². The number of halogens is 2. The van der Waals surface area contributed by atoms with E-state index in [1.54, 1.807) is 0 Å². The Balaban J connectivity index is 0.00000181. The molecule has 0 aromatic heterocycles. The zero-order valence-corrected chi connectivity index (χ0v) is 20.4. The molecule has 0 atom stereocenters. The highest BCUT2D eigenvalue weighted by Gasteiger charge is 2.36. The third-order valence-electron chi connectivity index (χ3n) is 6.66. The van der Waals surface area contributed by atoms with Gasteiger partial charge in [-0.3, -0.25) is 9.69 Å². The fourth-order valence-electron chi connectivity index (χ4n) is 4.99. The molecule has 2 heterocycles. The molecule has 7 nitrogen and oxygen atoms in total. The van der Waals surface area contributed by atoms with E-state index in [0.29, 0.717) is 18.7 Å². The summed E-state index contributed by atoms with van der Waals surface area (Å²) in [6.07, 6.45) is 6.02. The van der Waals surface area contributed by atoms with Gasteiger partial charge in [-0.1, -0.05) is 6.07 Å². The number of nitrogens with one attached hydrogen (secondary N) is 2. The van der Waals surface area contributed by atoms with E-state index in [4.69, 9.17) is 4.74 Å². The molecule has 9 heteroatoms. The van der Waals surface area contributed by atoms with Crippen molar-refractivity contribution in [3.8, 4) is 0 Å². The molecule has 1 saturated carbocycles. The van der Waals surface area contributed by atoms with E-state index >= 15 is 0 Å². The van der Waals surface area contributed by atoms with Gasteiger partial charge < -0.3 is 20.3 Å². The molecule has 3 aliphatic rings. The quantitative estimate of drug-likeness (QED) is 0.604. The molecule has 4 rings (SSSR count). The molecule has 0 bridgehead atoms. The van der Waals surface area contributed by atoms with Gasteiger partial charge in [0.05, 0.1) is 13.2 Å². The summed E-state index contributed by atoms with van der Waals surface area (Å²) in [7, 11) is 0. The van der Waals surface area contributed by atoms with Gasteiger partial charge in [-0.2, -0.15) is 0 Å². The lowest BCUT2D eigenvalue weighted by Gasteiger charge is -2.34. The molecule has 0 unspecified atom stereocenters. The predicted octanol–water partition coefficient (Wildman–Crippen LogP) is 2.92. The van der Waals surface area contributed by atoms with Crippen LogP contribution in [0.1, 0.15) is 43.7 Å². The molecule has 1 saturated heterocycles. The zero-order chi connectivity index (χ0) is 20.9. The zero-order valence-electron chi connectivity index (χ0n) is 18.8. The predicted molar refractivity (Wildman–Crippen MR) is 131 cm³/mol. The summed E-state index contributed by atoms with van der Waals surface area (Å²) >= 11 is 0. The molecule has 2 amide bonds. The van der Waals surface area contributed by atoms with Gasteiger partial charge >= 0.3 is 12.0 Å². The van der Waals surface area contributed by atoms with Crippen molar-refractivity contribution in [1.82, 2.24) is 15.5 Å². The molecule has 0 spiro atoms. The summed E-state index contributed by atoms with van der Waals surface area (Å²) in [5.41, 5.74) is 3.81. The fraction of sp³-hybridized carbons (Fsp3) is 0.652. The number of benzene rings is 1. The van der Waals surface area contributed by atoms with Gasteiger partial charge in [0, 0.05) is 30.9 Å². The molecular weight excluding hydrogens is 451 g/mol. The van der Waals surface area contributed by atoms with Gasteiger partial charge in [-0.25, -0.2) is 4.79 Å². The Morgan fingerprint density at radius 2 is 1.81 bits per heavy atom. The van der Waals surface area contributed by atoms with Crippen LogP contribution in [-0.4, -0.2) is 68.3 Å². The smallest absolute Gasteiger partial charge is 0.324 e. The maximum atomic E-state index is 13.2. The van der Waals surface area contributed by atoms with Gasteiger partial charge in [-0.05, 0) is 81.8 Å². The van der Waals surface area contributed by atoms with E-state index in [2.05, 4.69) is 33.7 Å². The number of carbonyl (C=O) groups excluding carboxylic acids is 2. The number of nitrogens with zero attached hydrogens (tertiary/aromatic N) is 2. The molecule has 1 aromatic carbocycles. The van der Waals surface area contributed by atoms with Crippen LogP contribution < -0.4 is 15.5 Å². The van der Waals surface area contributed by atoms with Crippen molar-refractivity contribution >= 4 is 42.5 Å². The number of hydrogen-bond acceptors (Lipinski definition) is 5. The number of ether oxygens (including phenoxy) is 1. The number of carbonyl (C=O) groups is 2. The normalized spacial score (nSPS) is 23.0. The summed E-state index contributed by atoms with van der Waals surface area (Å²) in [6.45, 7) is 6.10. The number of amides is 2. The lowest BCUT2D eigenvalue weighted by Crippen LogP contribution is -2.45. The average molecular weight is 487 g/mol. The number of urea groups is 1. The first-order chi connectivity index (χ1) is 14.7. The first-order valence-electron chi connectivity index (χ1n) is 11.5. The summed E-state index contributed by atoms with van der Waals surface area (Å²) in [4.78, 5) is 28.7. The third kappa shape index (κ3) is 6.28. The Morgan fingerprint density at radius 1 is 1.09 bits per heavy atom. The van der Waals surface area contributed by atoms with Crippen LogP contribution in [0.4, 0.5) is 10.5 Å². The first-order valence-corrected chi connectivity index (χ1v) is 11.5. The lowest BCUT2D eigenvalue weighted by molar-refractivity contribution is -0.142. The van der Waals surface area contributed by atoms with Gasteiger partial charge in [0.15, 0.2) is 0 Å². The summed E-state index contributed by atoms with van der Waals surface area (Å²) in [5.74, 6) is -0.193. The molecule has 180 valence electrons. The monoisotopic (exact) mass is 486 g/mol. The summed E-state index contributed by atoms with van der Waals surface area (Å²) in [6, 6.07) is 7.31. The Bertz CT molecular complexity index is 772. The van der Waals surface area contributed by atoms with Crippen LogP contribution in [0.25, 0.3) is 0 Å². The standard InChI is InChI=1S/C23H34N4O3.2ClH/c1-2-30-22(28)16-25-19-4-7-20(8-5-19)26-13-14-27(23(26)29)21-6-3-17-9-11-24-12-10-18(17)15-21;;/h3,6,15,19-20,24-25H,2,4-5,7-14,16H2,1H3;2*1H. The second-order valence-electron chi connectivity index (χ2n) is 8.52. The Hall–Kier alpha value is -1.54. The highest BCUT2D eigenvalue weighted by molar-refractivity contribution is 5.94. The number of hydrogen-bond donors (Lipinski definition) is 2. The molecule has 2 fully saturated rings. The van der Waals surface area contributed by atoms with E-state index in [-0.39, 0.29) is 43.4 Å². The van der Waals surface area contributed by atoms with Crippen LogP contribution in [0, 0.1) is 0 Å². The summed E-state index contributed by atoms with van der Waals surface area (Å²) < 4.78 is 4.98. The van der Waals surface area contributed by atoms with Gasteiger partial charge in [0.2, 0.25) is 0 Å². The van der Waals surface area contributed by atoms with Gasteiger partial charge in [0.25, 0.3) is 0 Å². The van der Waals surface area contributed by atoms with E-state index in [0.717, 1.165) is 70.4 Å². The Kier molecular flexibility index (Phi) is 10.5. The highest BCUT2D eigenvalue weighted by atomic mass is 35.5. The van der Waals surface area contributed by atoms with Crippen LogP contribution >= 0.6 is 24.8 Å². The molecule has 2 N–H and O–H groups in total. The molecule has 1 aliphatic carbocycles. The van der Waals surface area contributed by atoms with Gasteiger partial charge in [0.1, 0.15) is 0 Å². The minimum Gasteiger partial charge on any atom is -0.465 e. The van der Waals surface area contributed by atoms with Crippen LogP contribution in [0.5, 0.6) is 0 Å². The van der Waals surface area contributed by atoms with Crippen molar-refractivity contribution in [3.05, 3.63) is 29.3 Å². The highest BCUT2D eigenvalue weighted by Crippen LogP contribution is 2.30. The van der Waals surface area contributed by atoms with E-state index in [9.17, 15) is 9.59 Å². The average Bonchev–Trinajstić information content (AvgIpc) is 2.99. The maximum Gasteiger partial charge on any atom is 0.324 e. The molecule has 1 aromatic rings. The van der Waals surface area contributed by atoms with Crippen molar-refractivity contribution in [2.75, 3.05) is 44.2 Å². The molecule has 32 heavy (non-hydrogen) atoms. The van der Waals surface area contributed by atoms with Crippen LogP contribution in [0.3, 0.4) is 0 Å². The van der Waals surface area contributed by atoms with Crippen LogP contribution in [0.15, 0.2) is 18.2 Å². The van der Waals surface area contributed by atoms with Crippen LogP contribution in [0.2, 0.25) is 0 Å². The van der Waals surface area contributed by atoms with Crippen molar-refractivity contribution in [1.29, 1.82) is 0 Å². The van der Waals surface area contributed by atoms with E-state index < -0.39 is 0 Å². The van der Waals surface area contributed by atoms with Gasteiger partial charge in [-0.15, -0.1) is 24.8 Å². The SMILES string of the molecule is CCOC(=O)CNC1CCC(N2CCN(c3ccc4c(c3)CCNCC4)C2=O)CC1.Cl.Cl. The largest absolute Gasteiger partial charge is 0.465 e.